The fraction of sp³-hybridized carbons (Fsp3) is 0.467. The molecule has 1 aromatic heterocycles. The van der Waals surface area contributed by atoms with Crippen LogP contribution in [0.4, 0.5) is 0 Å². The van der Waals surface area contributed by atoms with E-state index in [1.54, 1.807) is 24.4 Å². The quantitative estimate of drug-likeness (QED) is 0.917. The average Bonchev–Trinajstić information content (AvgIpc) is 3.13. The van der Waals surface area contributed by atoms with E-state index in [1.807, 2.05) is 18.5 Å². The summed E-state index contributed by atoms with van der Waals surface area (Å²) in [5.41, 5.74) is 0.879. The second-order valence-corrected chi connectivity index (χ2v) is 8.03. The summed E-state index contributed by atoms with van der Waals surface area (Å²) >= 11 is 0. The molecule has 1 saturated heterocycles. The molecule has 1 aliphatic heterocycles. The van der Waals surface area contributed by atoms with Crippen molar-refractivity contribution in [1.29, 1.82) is 0 Å². The maximum atomic E-state index is 12.7. The molecule has 1 N–H and O–H groups in total. The number of carbonyl (C=O) groups is 1. The van der Waals surface area contributed by atoms with Gasteiger partial charge in [-0.3, -0.25) is 9.48 Å². The lowest BCUT2D eigenvalue weighted by atomic mass is 10.1. The van der Waals surface area contributed by atoms with Gasteiger partial charge >= 0.3 is 5.97 Å². The van der Waals surface area contributed by atoms with Crippen LogP contribution < -0.4 is 0 Å². The van der Waals surface area contributed by atoms with E-state index < -0.39 is 21.9 Å². The van der Waals surface area contributed by atoms with Crippen LogP contribution in [0, 0.1) is 5.92 Å². The molecule has 2 aromatic rings. The highest BCUT2D eigenvalue weighted by Gasteiger charge is 2.35. The van der Waals surface area contributed by atoms with Gasteiger partial charge in [0.15, 0.2) is 0 Å². The number of hydrogen-bond donors (Lipinski definition) is 1. The van der Waals surface area contributed by atoms with Gasteiger partial charge < -0.3 is 5.11 Å². The zero-order chi connectivity index (χ0) is 16.8. The summed E-state index contributed by atoms with van der Waals surface area (Å²) in [5, 5.41) is 14.1. The number of aliphatic carboxylic acids is 1. The predicted octanol–water partition coefficient (Wildman–Crippen LogP) is 1.71. The molecule has 0 amide bonds. The first-order valence-corrected chi connectivity index (χ1v) is 8.95. The molecule has 1 aromatic carbocycles. The molecule has 0 saturated carbocycles. The number of rotatable bonds is 4. The van der Waals surface area contributed by atoms with Crippen molar-refractivity contribution in [2.75, 3.05) is 13.1 Å². The Morgan fingerprint density at radius 2 is 2.13 bits per heavy atom. The molecule has 124 valence electrons. The van der Waals surface area contributed by atoms with Crippen molar-refractivity contribution in [3.05, 3.63) is 24.4 Å². The van der Waals surface area contributed by atoms with Gasteiger partial charge in [-0.05, 0) is 38.5 Å². The Labute approximate surface area is 134 Å². The minimum atomic E-state index is -3.67. The third kappa shape index (κ3) is 2.72. The summed E-state index contributed by atoms with van der Waals surface area (Å²) in [6, 6.07) is 5.10. The number of fused-ring (bicyclic) bond motifs is 1. The van der Waals surface area contributed by atoms with Crippen LogP contribution in [-0.2, 0) is 14.8 Å². The van der Waals surface area contributed by atoms with Gasteiger partial charge in [0.2, 0.25) is 10.0 Å². The molecule has 3 rings (SSSR count). The third-order valence-electron chi connectivity index (χ3n) is 4.19. The number of carboxylic acids is 1. The van der Waals surface area contributed by atoms with Crippen molar-refractivity contribution in [2.45, 2.75) is 31.2 Å². The standard InChI is InChI=1S/C15H19N3O4S/c1-10(2)18-14-4-3-13(7-12(14)8-16-18)23(21,22)17-6-5-11(9-17)15(19)20/h3-4,7-8,10-11H,5-6,9H2,1-2H3,(H,19,20). The second-order valence-electron chi connectivity index (χ2n) is 6.09. The number of nitrogens with zero attached hydrogens (tertiary/aromatic N) is 3. The first kappa shape index (κ1) is 15.9. The smallest absolute Gasteiger partial charge is 0.307 e. The molecule has 1 atom stereocenters. The molecule has 2 heterocycles. The first-order valence-electron chi connectivity index (χ1n) is 7.51. The Hall–Kier alpha value is -1.93. The van der Waals surface area contributed by atoms with E-state index in [-0.39, 0.29) is 24.0 Å². The van der Waals surface area contributed by atoms with Gasteiger partial charge in [-0.15, -0.1) is 0 Å². The summed E-state index contributed by atoms with van der Waals surface area (Å²) in [4.78, 5) is 11.2. The van der Waals surface area contributed by atoms with Crippen LogP contribution in [0.3, 0.4) is 0 Å². The lowest BCUT2D eigenvalue weighted by molar-refractivity contribution is -0.141. The van der Waals surface area contributed by atoms with Gasteiger partial charge in [0, 0.05) is 24.5 Å². The Kier molecular flexibility index (Phi) is 3.89. The van der Waals surface area contributed by atoms with Crippen LogP contribution in [0.5, 0.6) is 0 Å². The summed E-state index contributed by atoms with van der Waals surface area (Å²) in [6.45, 7) is 4.28. The largest absolute Gasteiger partial charge is 0.481 e. The zero-order valence-corrected chi connectivity index (χ0v) is 13.8. The van der Waals surface area contributed by atoms with Gasteiger partial charge in [0.25, 0.3) is 0 Å². The van der Waals surface area contributed by atoms with Gasteiger partial charge in [-0.25, -0.2) is 8.42 Å². The van der Waals surface area contributed by atoms with Crippen LogP contribution in [0.15, 0.2) is 29.3 Å². The van der Waals surface area contributed by atoms with Crippen LogP contribution in [0.2, 0.25) is 0 Å². The number of benzene rings is 1. The van der Waals surface area contributed by atoms with Crippen molar-refractivity contribution in [1.82, 2.24) is 14.1 Å². The minimum Gasteiger partial charge on any atom is -0.481 e. The van der Waals surface area contributed by atoms with Crippen LogP contribution in [0.1, 0.15) is 26.3 Å². The number of aromatic nitrogens is 2. The molecule has 0 spiro atoms. The number of carboxylic acid groups (broad SMARTS) is 1. The summed E-state index contributed by atoms with van der Waals surface area (Å²) < 4.78 is 28.5. The van der Waals surface area contributed by atoms with Crippen molar-refractivity contribution >= 4 is 26.9 Å². The SMILES string of the molecule is CC(C)n1ncc2cc(S(=O)(=O)N3CCC(C(=O)O)C3)ccc21. The van der Waals surface area contributed by atoms with E-state index in [0.29, 0.717) is 6.42 Å². The molecule has 7 nitrogen and oxygen atoms in total. The summed E-state index contributed by atoms with van der Waals surface area (Å²) in [7, 11) is -3.67. The Balaban J connectivity index is 1.95. The number of hydrogen-bond acceptors (Lipinski definition) is 4. The van der Waals surface area contributed by atoms with E-state index in [9.17, 15) is 13.2 Å². The predicted molar refractivity (Wildman–Crippen MR) is 84.6 cm³/mol. The van der Waals surface area contributed by atoms with Crippen molar-refractivity contribution in [3.63, 3.8) is 0 Å². The molecule has 1 fully saturated rings. The van der Waals surface area contributed by atoms with Crippen molar-refractivity contribution in [3.8, 4) is 0 Å². The average molecular weight is 337 g/mol. The van der Waals surface area contributed by atoms with E-state index in [0.717, 1.165) is 10.9 Å². The zero-order valence-electron chi connectivity index (χ0n) is 13.0. The molecule has 0 bridgehead atoms. The van der Waals surface area contributed by atoms with Crippen molar-refractivity contribution < 1.29 is 18.3 Å². The van der Waals surface area contributed by atoms with Gasteiger partial charge in [0.05, 0.1) is 22.5 Å². The molecule has 23 heavy (non-hydrogen) atoms. The Morgan fingerprint density at radius 3 is 2.74 bits per heavy atom. The van der Waals surface area contributed by atoms with Crippen molar-refractivity contribution in [2.24, 2.45) is 5.92 Å². The van der Waals surface area contributed by atoms with Gasteiger partial charge in [-0.2, -0.15) is 9.40 Å². The highest BCUT2D eigenvalue weighted by Crippen LogP contribution is 2.27. The second kappa shape index (κ2) is 5.61. The van der Waals surface area contributed by atoms with E-state index in [4.69, 9.17) is 5.11 Å². The highest BCUT2D eigenvalue weighted by molar-refractivity contribution is 7.89. The van der Waals surface area contributed by atoms with Crippen LogP contribution >= 0.6 is 0 Å². The molecule has 1 unspecified atom stereocenters. The van der Waals surface area contributed by atoms with E-state index in [2.05, 4.69) is 5.10 Å². The van der Waals surface area contributed by atoms with Crippen LogP contribution in [0.25, 0.3) is 10.9 Å². The van der Waals surface area contributed by atoms with E-state index >= 15 is 0 Å². The first-order chi connectivity index (χ1) is 10.8. The topological polar surface area (TPSA) is 92.5 Å². The molecule has 1 aliphatic rings. The molecule has 8 heteroatoms. The fourth-order valence-corrected chi connectivity index (χ4v) is 4.44. The van der Waals surface area contributed by atoms with E-state index in [1.165, 1.54) is 4.31 Å². The molecule has 0 radical (unpaired) electrons. The summed E-state index contributed by atoms with van der Waals surface area (Å²) in [5.74, 6) is -1.58. The highest BCUT2D eigenvalue weighted by atomic mass is 32.2. The molecule has 0 aliphatic carbocycles. The molecular formula is C15H19N3O4S. The third-order valence-corrected chi connectivity index (χ3v) is 6.06. The molecular weight excluding hydrogens is 318 g/mol. The maximum Gasteiger partial charge on any atom is 0.307 e. The lowest BCUT2D eigenvalue weighted by Crippen LogP contribution is -2.30. The monoisotopic (exact) mass is 337 g/mol. The summed E-state index contributed by atoms with van der Waals surface area (Å²) in [6.07, 6.45) is 2.00. The number of sulfonamides is 1. The van der Waals surface area contributed by atoms with Gasteiger partial charge in [0.1, 0.15) is 0 Å². The fourth-order valence-electron chi connectivity index (χ4n) is 2.90. The van der Waals surface area contributed by atoms with Gasteiger partial charge in [-0.1, -0.05) is 0 Å². The van der Waals surface area contributed by atoms with Crippen LogP contribution in [-0.4, -0.2) is 46.7 Å². The Morgan fingerprint density at radius 1 is 1.39 bits per heavy atom. The normalized spacial score (nSPS) is 19.7. The lowest BCUT2D eigenvalue weighted by Gasteiger charge is -2.16. The minimum absolute atomic E-state index is 0.0287. The maximum absolute atomic E-state index is 12.7. The Bertz CT molecular complexity index is 857.